The minimum absolute atomic E-state index is 0.575. The lowest BCUT2D eigenvalue weighted by Gasteiger charge is -2.21. The van der Waals surface area contributed by atoms with Crippen molar-refractivity contribution in [2.24, 2.45) is 11.8 Å². The molecule has 1 N–H and O–H groups in total. The largest absolute Gasteiger partial charge is 0.378 e. The average molecular weight is 225 g/mol. The molecular formula is C14H27NO. The number of hydrogen-bond donors (Lipinski definition) is 1. The van der Waals surface area contributed by atoms with Crippen molar-refractivity contribution in [3.05, 3.63) is 0 Å². The van der Waals surface area contributed by atoms with Crippen LogP contribution in [0.5, 0.6) is 0 Å². The smallest absolute Gasteiger partial charge is 0.0576 e. The Bertz CT molecular complexity index is 197. The predicted octanol–water partition coefficient (Wildman–Crippen LogP) is 2.97. The highest BCUT2D eigenvalue weighted by molar-refractivity contribution is 4.82. The van der Waals surface area contributed by atoms with E-state index in [2.05, 4.69) is 19.2 Å². The third-order valence-electron chi connectivity index (χ3n) is 4.25. The van der Waals surface area contributed by atoms with Crippen molar-refractivity contribution in [2.75, 3.05) is 13.2 Å². The fourth-order valence-electron chi connectivity index (χ4n) is 2.45. The van der Waals surface area contributed by atoms with Crippen LogP contribution < -0.4 is 5.32 Å². The second-order valence-electron chi connectivity index (χ2n) is 5.85. The number of ether oxygens (including phenoxy) is 1. The summed E-state index contributed by atoms with van der Waals surface area (Å²) in [6.45, 7) is 6.99. The van der Waals surface area contributed by atoms with Crippen molar-refractivity contribution < 1.29 is 4.74 Å². The maximum atomic E-state index is 5.68. The molecule has 0 aromatic rings. The van der Waals surface area contributed by atoms with E-state index in [0.29, 0.717) is 6.10 Å². The number of rotatable bonds is 7. The van der Waals surface area contributed by atoms with Crippen LogP contribution in [-0.4, -0.2) is 25.3 Å². The highest BCUT2D eigenvalue weighted by Gasteiger charge is 2.23. The van der Waals surface area contributed by atoms with Gasteiger partial charge in [-0.3, -0.25) is 0 Å². The first kappa shape index (κ1) is 12.4. The van der Waals surface area contributed by atoms with Crippen LogP contribution in [0.25, 0.3) is 0 Å². The summed E-state index contributed by atoms with van der Waals surface area (Å²) in [4.78, 5) is 0. The Balaban J connectivity index is 1.55. The maximum absolute atomic E-state index is 5.68. The molecule has 16 heavy (non-hydrogen) atoms. The Kier molecular flexibility index (Phi) is 4.66. The van der Waals surface area contributed by atoms with Gasteiger partial charge in [0, 0.05) is 12.6 Å². The van der Waals surface area contributed by atoms with Crippen molar-refractivity contribution in [1.82, 2.24) is 5.32 Å². The normalized spacial score (nSPS) is 29.2. The Morgan fingerprint density at radius 2 is 2.00 bits per heavy atom. The highest BCUT2D eigenvalue weighted by Crippen LogP contribution is 2.24. The molecular weight excluding hydrogens is 198 g/mol. The predicted molar refractivity (Wildman–Crippen MR) is 67.6 cm³/mol. The van der Waals surface area contributed by atoms with Gasteiger partial charge in [0.2, 0.25) is 0 Å². The van der Waals surface area contributed by atoms with Gasteiger partial charge < -0.3 is 10.1 Å². The monoisotopic (exact) mass is 225 g/mol. The highest BCUT2D eigenvalue weighted by atomic mass is 16.5. The van der Waals surface area contributed by atoms with Crippen LogP contribution in [0.15, 0.2) is 0 Å². The number of hydrogen-bond acceptors (Lipinski definition) is 2. The summed E-state index contributed by atoms with van der Waals surface area (Å²) in [5.74, 6) is 1.64. The molecule has 2 nitrogen and oxygen atoms in total. The zero-order chi connectivity index (χ0) is 11.4. The minimum atomic E-state index is 0.575. The first-order valence-corrected chi connectivity index (χ1v) is 7.10. The number of nitrogens with one attached hydrogen (secondary N) is 1. The van der Waals surface area contributed by atoms with Crippen molar-refractivity contribution in [3.63, 3.8) is 0 Å². The van der Waals surface area contributed by atoms with Crippen molar-refractivity contribution in [2.45, 2.75) is 64.5 Å². The lowest BCUT2D eigenvalue weighted by atomic mass is 9.90. The lowest BCUT2D eigenvalue weighted by molar-refractivity contribution is 0.0960. The van der Waals surface area contributed by atoms with Gasteiger partial charge >= 0.3 is 0 Å². The molecule has 1 saturated heterocycles. The molecule has 3 atom stereocenters. The van der Waals surface area contributed by atoms with Gasteiger partial charge in [-0.1, -0.05) is 13.8 Å². The average Bonchev–Trinajstić information content (AvgIpc) is 2.97. The fraction of sp³-hybridized carbons (Fsp3) is 1.00. The first-order valence-electron chi connectivity index (χ1n) is 7.10. The van der Waals surface area contributed by atoms with E-state index < -0.39 is 0 Å². The summed E-state index contributed by atoms with van der Waals surface area (Å²) in [6, 6.07) is 0.854. The van der Waals surface area contributed by atoms with Gasteiger partial charge in [-0.2, -0.15) is 0 Å². The molecule has 0 aromatic heterocycles. The molecule has 0 spiro atoms. The van der Waals surface area contributed by atoms with Crippen LogP contribution in [0.3, 0.4) is 0 Å². The lowest BCUT2D eigenvalue weighted by Crippen LogP contribution is -2.27. The van der Waals surface area contributed by atoms with Gasteiger partial charge in [0.25, 0.3) is 0 Å². The van der Waals surface area contributed by atoms with E-state index in [1.165, 1.54) is 45.1 Å². The van der Waals surface area contributed by atoms with Crippen LogP contribution in [0.1, 0.15) is 52.4 Å². The molecule has 1 heterocycles. The molecule has 2 heteroatoms. The molecule has 0 amide bonds. The van der Waals surface area contributed by atoms with Gasteiger partial charge in [-0.25, -0.2) is 0 Å². The molecule has 0 bridgehead atoms. The van der Waals surface area contributed by atoms with Crippen LogP contribution >= 0.6 is 0 Å². The van der Waals surface area contributed by atoms with Gasteiger partial charge in [0.1, 0.15) is 0 Å². The second-order valence-corrected chi connectivity index (χ2v) is 5.85. The van der Waals surface area contributed by atoms with Gasteiger partial charge in [0.05, 0.1) is 6.10 Å². The van der Waals surface area contributed by atoms with Crippen molar-refractivity contribution in [3.8, 4) is 0 Å². The summed E-state index contributed by atoms with van der Waals surface area (Å²) in [5.41, 5.74) is 0. The zero-order valence-electron chi connectivity index (χ0n) is 10.9. The van der Waals surface area contributed by atoms with E-state index in [0.717, 1.165) is 24.5 Å². The maximum Gasteiger partial charge on any atom is 0.0576 e. The molecule has 3 unspecified atom stereocenters. The summed E-state index contributed by atoms with van der Waals surface area (Å²) < 4.78 is 5.68. The third kappa shape index (κ3) is 4.06. The topological polar surface area (TPSA) is 21.3 Å². The van der Waals surface area contributed by atoms with Crippen LogP contribution in [0.2, 0.25) is 0 Å². The van der Waals surface area contributed by atoms with Gasteiger partial charge in [-0.15, -0.1) is 0 Å². The molecule has 0 aromatic carbocycles. The molecule has 1 saturated carbocycles. The summed E-state index contributed by atoms with van der Waals surface area (Å²) >= 11 is 0. The Hall–Kier alpha value is -0.0800. The molecule has 1 aliphatic heterocycles. The SMILES string of the molecule is CC(CCC1CCCO1)C(C)CNC1CC1. The molecule has 2 aliphatic rings. The zero-order valence-corrected chi connectivity index (χ0v) is 10.9. The first-order chi connectivity index (χ1) is 7.75. The molecule has 94 valence electrons. The van der Waals surface area contributed by atoms with Crippen LogP contribution in [-0.2, 0) is 4.74 Å². The van der Waals surface area contributed by atoms with Crippen molar-refractivity contribution in [1.29, 1.82) is 0 Å². The Morgan fingerprint density at radius 1 is 1.19 bits per heavy atom. The van der Waals surface area contributed by atoms with E-state index in [-0.39, 0.29) is 0 Å². The molecule has 2 fully saturated rings. The Morgan fingerprint density at radius 3 is 2.62 bits per heavy atom. The summed E-state index contributed by atoms with van der Waals surface area (Å²) in [6.07, 6.45) is 8.55. The third-order valence-corrected chi connectivity index (χ3v) is 4.25. The molecule has 2 rings (SSSR count). The molecule has 0 radical (unpaired) electrons. The van der Waals surface area contributed by atoms with E-state index in [4.69, 9.17) is 4.74 Å². The van der Waals surface area contributed by atoms with Gasteiger partial charge in [0.15, 0.2) is 0 Å². The van der Waals surface area contributed by atoms with E-state index >= 15 is 0 Å². The van der Waals surface area contributed by atoms with E-state index in [1.54, 1.807) is 0 Å². The summed E-state index contributed by atoms with van der Waals surface area (Å²) in [5, 5.41) is 3.63. The Labute approximate surface area is 100 Å². The minimum Gasteiger partial charge on any atom is -0.378 e. The van der Waals surface area contributed by atoms with E-state index in [1.807, 2.05) is 0 Å². The van der Waals surface area contributed by atoms with Crippen molar-refractivity contribution >= 4 is 0 Å². The van der Waals surface area contributed by atoms with Crippen LogP contribution in [0.4, 0.5) is 0 Å². The molecule has 1 aliphatic carbocycles. The van der Waals surface area contributed by atoms with Gasteiger partial charge in [-0.05, 0) is 56.9 Å². The van der Waals surface area contributed by atoms with E-state index in [9.17, 15) is 0 Å². The quantitative estimate of drug-likeness (QED) is 0.719. The summed E-state index contributed by atoms with van der Waals surface area (Å²) in [7, 11) is 0. The second kappa shape index (κ2) is 6.02. The standard InChI is InChI=1S/C14H27NO/c1-11(5-8-14-4-3-9-16-14)12(2)10-15-13-6-7-13/h11-15H,3-10H2,1-2H3. The van der Waals surface area contributed by atoms with Crippen LogP contribution in [0, 0.1) is 11.8 Å². The fourth-order valence-corrected chi connectivity index (χ4v) is 2.45.